The molecule has 1 aliphatic heterocycles. The highest BCUT2D eigenvalue weighted by Crippen LogP contribution is 2.30. The molecule has 0 spiro atoms. The Morgan fingerprint density at radius 2 is 2.10 bits per heavy atom. The molecule has 1 saturated heterocycles. The van der Waals surface area contributed by atoms with Crippen LogP contribution in [0.1, 0.15) is 12.8 Å². The SMILES string of the molecule is NCC1(Nc2ccnc3cc(Cl)ccc23)CCOCC1. The van der Waals surface area contributed by atoms with Gasteiger partial charge in [0.15, 0.2) is 0 Å². The van der Waals surface area contributed by atoms with Crippen molar-refractivity contribution in [3.8, 4) is 0 Å². The highest BCUT2D eigenvalue weighted by molar-refractivity contribution is 6.31. The van der Waals surface area contributed by atoms with E-state index in [4.69, 9.17) is 22.1 Å². The number of anilines is 1. The van der Waals surface area contributed by atoms with E-state index in [-0.39, 0.29) is 5.54 Å². The molecular weight excluding hydrogens is 274 g/mol. The number of nitrogens with two attached hydrogens (primary N) is 1. The van der Waals surface area contributed by atoms with Gasteiger partial charge in [-0.1, -0.05) is 11.6 Å². The first-order valence-electron chi connectivity index (χ1n) is 6.83. The van der Waals surface area contributed by atoms with Crippen molar-refractivity contribution in [3.05, 3.63) is 35.5 Å². The van der Waals surface area contributed by atoms with Gasteiger partial charge in [0.2, 0.25) is 0 Å². The lowest BCUT2D eigenvalue weighted by molar-refractivity contribution is 0.0628. The van der Waals surface area contributed by atoms with Crippen molar-refractivity contribution in [3.63, 3.8) is 0 Å². The third kappa shape index (κ3) is 2.59. The van der Waals surface area contributed by atoms with Crippen molar-refractivity contribution in [2.75, 3.05) is 25.1 Å². The molecule has 5 heteroatoms. The van der Waals surface area contributed by atoms with Crippen molar-refractivity contribution in [1.82, 2.24) is 4.98 Å². The maximum Gasteiger partial charge on any atom is 0.0737 e. The van der Waals surface area contributed by atoms with E-state index in [0.29, 0.717) is 11.6 Å². The molecule has 0 aliphatic carbocycles. The Hall–Kier alpha value is -1.36. The lowest BCUT2D eigenvalue weighted by Gasteiger charge is -2.38. The van der Waals surface area contributed by atoms with Gasteiger partial charge in [-0.2, -0.15) is 0 Å². The van der Waals surface area contributed by atoms with Gasteiger partial charge in [-0.25, -0.2) is 0 Å². The summed E-state index contributed by atoms with van der Waals surface area (Å²) in [6.07, 6.45) is 3.63. The predicted octanol–water partition coefficient (Wildman–Crippen LogP) is 2.81. The summed E-state index contributed by atoms with van der Waals surface area (Å²) >= 11 is 6.02. The van der Waals surface area contributed by atoms with Crippen LogP contribution in [0.15, 0.2) is 30.5 Å². The molecule has 1 aliphatic rings. The quantitative estimate of drug-likeness (QED) is 0.913. The summed E-state index contributed by atoms with van der Waals surface area (Å²) in [5.41, 5.74) is 7.85. The van der Waals surface area contributed by atoms with Crippen LogP contribution < -0.4 is 11.1 Å². The van der Waals surface area contributed by atoms with Crippen LogP contribution in [0.3, 0.4) is 0 Å². The monoisotopic (exact) mass is 291 g/mol. The summed E-state index contributed by atoms with van der Waals surface area (Å²) in [5, 5.41) is 5.38. The van der Waals surface area contributed by atoms with Gasteiger partial charge < -0.3 is 15.8 Å². The minimum Gasteiger partial charge on any atom is -0.381 e. The highest BCUT2D eigenvalue weighted by Gasteiger charge is 2.31. The van der Waals surface area contributed by atoms with Gasteiger partial charge in [0.1, 0.15) is 0 Å². The van der Waals surface area contributed by atoms with Gasteiger partial charge in [-0.3, -0.25) is 4.98 Å². The summed E-state index contributed by atoms with van der Waals surface area (Å²) in [4.78, 5) is 4.36. The number of hydrogen-bond acceptors (Lipinski definition) is 4. The number of aromatic nitrogens is 1. The summed E-state index contributed by atoms with van der Waals surface area (Å²) in [5.74, 6) is 0. The number of pyridine rings is 1. The number of halogens is 1. The first-order valence-corrected chi connectivity index (χ1v) is 7.21. The zero-order valence-electron chi connectivity index (χ0n) is 11.2. The van der Waals surface area contributed by atoms with Gasteiger partial charge >= 0.3 is 0 Å². The van der Waals surface area contributed by atoms with Gasteiger partial charge in [0.05, 0.1) is 11.1 Å². The van der Waals surface area contributed by atoms with Gasteiger partial charge in [0, 0.05) is 42.1 Å². The molecule has 0 amide bonds. The molecule has 0 atom stereocenters. The average molecular weight is 292 g/mol. The van der Waals surface area contributed by atoms with Crippen LogP contribution in [0.25, 0.3) is 10.9 Å². The summed E-state index contributed by atoms with van der Waals surface area (Å²) in [7, 11) is 0. The Morgan fingerprint density at radius 3 is 2.85 bits per heavy atom. The topological polar surface area (TPSA) is 60.2 Å². The van der Waals surface area contributed by atoms with Crippen LogP contribution in [0.5, 0.6) is 0 Å². The molecule has 3 rings (SSSR count). The van der Waals surface area contributed by atoms with E-state index < -0.39 is 0 Å². The average Bonchev–Trinajstić information content (AvgIpc) is 2.48. The van der Waals surface area contributed by atoms with Crippen LogP contribution in [0.2, 0.25) is 5.02 Å². The number of nitrogens with one attached hydrogen (secondary N) is 1. The lowest BCUT2D eigenvalue weighted by atomic mass is 9.89. The molecule has 2 heterocycles. The van der Waals surface area contributed by atoms with Crippen molar-refractivity contribution in [1.29, 1.82) is 0 Å². The zero-order chi connectivity index (χ0) is 14.0. The van der Waals surface area contributed by atoms with Crippen molar-refractivity contribution < 1.29 is 4.74 Å². The third-order valence-corrected chi connectivity index (χ3v) is 4.18. The van der Waals surface area contributed by atoms with E-state index in [1.165, 1.54) is 0 Å². The van der Waals surface area contributed by atoms with E-state index in [1.54, 1.807) is 6.20 Å². The second-order valence-electron chi connectivity index (χ2n) is 5.24. The van der Waals surface area contributed by atoms with Crippen LogP contribution in [0, 0.1) is 0 Å². The Kier molecular flexibility index (Phi) is 3.78. The second-order valence-corrected chi connectivity index (χ2v) is 5.68. The molecule has 4 nitrogen and oxygen atoms in total. The second kappa shape index (κ2) is 5.56. The molecule has 2 aromatic rings. The van der Waals surface area contributed by atoms with E-state index in [9.17, 15) is 0 Å². The standard InChI is InChI=1S/C15H18ClN3O/c16-11-1-2-12-13(3-6-18-14(12)9-11)19-15(10-17)4-7-20-8-5-15/h1-3,6,9H,4-5,7-8,10,17H2,(H,18,19). The molecule has 1 aromatic heterocycles. The van der Waals surface area contributed by atoms with Crippen LogP contribution in [0.4, 0.5) is 5.69 Å². The molecule has 0 unspecified atom stereocenters. The number of hydrogen-bond donors (Lipinski definition) is 2. The fourth-order valence-corrected chi connectivity index (χ4v) is 2.82. The molecule has 0 radical (unpaired) electrons. The van der Waals surface area contributed by atoms with Gasteiger partial charge in [0.25, 0.3) is 0 Å². The van der Waals surface area contributed by atoms with Crippen LogP contribution >= 0.6 is 11.6 Å². The summed E-state index contributed by atoms with van der Waals surface area (Å²) in [6.45, 7) is 2.09. The van der Waals surface area contributed by atoms with Crippen molar-refractivity contribution in [2.24, 2.45) is 5.73 Å². The number of benzene rings is 1. The Labute approximate surface area is 123 Å². The first kappa shape index (κ1) is 13.6. The number of nitrogens with zero attached hydrogens (tertiary/aromatic N) is 1. The minimum absolute atomic E-state index is 0.0911. The lowest BCUT2D eigenvalue weighted by Crippen LogP contribution is -2.49. The molecule has 1 fully saturated rings. The predicted molar refractivity (Wildman–Crippen MR) is 82.2 cm³/mol. The maximum atomic E-state index is 6.02. The molecule has 3 N–H and O–H groups in total. The normalized spacial score (nSPS) is 18.1. The molecule has 106 valence electrons. The molecule has 20 heavy (non-hydrogen) atoms. The van der Waals surface area contributed by atoms with E-state index in [2.05, 4.69) is 10.3 Å². The number of rotatable bonds is 3. The molecule has 1 aromatic carbocycles. The van der Waals surface area contributed by atoms with E-state index in [1.807, 2.05) is 24.3 Å². The van der Waals surface area contributed by atoms with Gasteiger partial charge in [-0.05, 0) is 37.1 Å². The van der Waals surface area contributed by atoms with Crippen molar-refractivity contribution in [2.45, 2.75) is 18.4 Å². The number of ether oxygens (including phenoxy) is 1. The molecular formula is C15H18ClN3O. The molecule has 0 bridgehead atoms. The Balaban J connectivity index is 1.97. The van der Waals surface area contributed by atoms with E-state index in [0.717, 1.165) is 42.6 Å². The van der Waals surface area contributed by atoms with Gasteiger partial charge in [-0.15, -0.1) is 0 Å². The van der Waals surface area contributed by atoms with Crippen LogP contribution in [-0.4, -0.2) is 30.3 Å². The maximum absolute atomic E-state index is 6.02. The summed E-state index contributed by atoms with van der Waals surface area (Å²) < 4.78 is 5.44. The Bertz CT molecular complexity index is 611. The van der Waals surface area contributed by atoms with Crippen molar-refractivity contribution >= 4 is 28.2 Å². The first-order chi connectivity index (χ1) is 9.72. The zero-order valence-corrected chi connectivity index (χ0v) is 12.0. The highest BCUT2D eigenvalue weighted by atomic mass is 35.5. The summed E-state index contributed by atoms with van der Waals surface area (Å²) in [6, 6.07) is 7.75. The largest absolute Gasteiger partial charge is 0.381 e. The Morgan fingerprint density at radius 1 is 1.30 bits per heavy atom. The fraction of sp³-hybridized carbons (Fsp3) is 0.400. The molecule has 0 saturated carbocycles. The third-order valence-electron chi connectivity index (χ3n) is 3.95. The smallest absolute Gasteiger partial charge is 0.0737 e. The fourth-order valence-electron chi connectivity index (χ4n) is 2.66. The minimum atomic E-state index is -0.0911. The van der Waals surface area contributed by atoms with Crippen LogP contribution in [-0.2, 0) is 4.74 Å². The number of fused-ring (bicyclic) bond motifs is 1. The van der Waals surface area contributed by atoms with E-state index >= 15 is 0 Å².